The van der Waals surface area contributed by atoms with Crippen molar-refractivity contribution in [3.63, 3.8) is 0 Å². The number of hydrazone groups is 1. The van der Waals surface area contributed by atoms with Crippen LogP contribution in [0.15, 0.2) is 94.7 Å². The average molecular weight is 440 g/mol. The summed E-state index contributed by atoms with van der Waals surface area (Å²) in [4.78, 5) is 17.1. The lowest BCUT2D eigenvalue weighted by atomic mass is 9.98. The van der Waals surface area contributed by atoms with Crippen LogP contribution in [0.4, 0.5) is 0 Å². The Morgan fingerprint density at radius 3 is 2.47 bits per heavy atom. The van der Waals surface area contributed by atoms with E-state index in [9.17, 15) is 4.79 Å². The Balaban J connectivity index is 1.48. The largest absolute Gasteiger partial charge is 0.317 e. The fraction of sp³-hybridized carbons (Fsp3) is 0.120. The first-order valence-corrected chi connectivity index (χ1v) is 11.2. The number of rotatable bonds is 5. The standard InChI is InChI=1S/C25H21N5OS/c1-2-20(17-10-5-3-6-11-17)24-28-30-22(26)21(23(31)27-25(30)32-24)16-19-14-9-15-29(19)18-12-7-4-8-13-18/h3-16,20,26H,2H2,1H3/b21-16+,26-22?. The van der Waals surface area contributed by atoms with Gasteiger partial charge in [0.1, 0.15) is 5.04 Å². The van der Waals surface area contributed by atoms with Crippen LogP contribution in [-0.2, 0) is 4.79 Å². The van der Waals surface area contributed by atoms with Crippen LogP contribution in [0.3, 0.4) is 0 Å². The Bertz CT molecular complexity index is 1270. The van der Waals surface area contributed by atoms with Crippen LogP contribution in [0.1, 0.15) is 30.5 Å². The second kappa shape index (κ2) is 8.43. The van der Waals surface area contributed by atoms with Crippen LogP contribution in [-0.4, -0.2) is 31.5 Å². The summed E-state index contributed by atoms with van der Waals surface area (Å²) in [6.45, 7) is 2.11. The Hall–Kier alpha value is -3.71. The highest BCUT2D eigenvalue weighted by Crippen LogP contribution is 2.36. The summed E-state index contributed by atoms with van der Waals surface area (Å²) in [5.41, 5.74) is 3.17. The second-order valence-corrected chi connectivity index (χ2v) is 8.46. The van der Waals surface area contributed by atoms with Gasteiger partial charge in [-0.05, 0) is 54.1 Å². The van der Waals surface area contributed by atoms with Gasteiger partial charge in [-0.3, -0.25) is 10.2 Å². The molecule has 0 saturated carbocycles. The molecule has 1 amide bonds. The lowest BCUT2D eigenvalue weighted by Crippen LogP contribution is -2.35. The van der Waals surface area contributed by atoms with Crippen LogP contribution >= 0.6 is 11.8 Å². The molecule has 0 bridgehead atoms. The molecule has 0 spiro atoms. The van der Waals surface area contributed by atoms with E-state index in [1.54, 1.807) is 6.08 Å². The van der Waals surface area contributed by atoms with Gasteiger partial charge >= 0.3 is 0 Å². The minimum absolute atomic E-state index is 0.0474. The first-order chi connectivity index (χ1) is 15.7. The number of fused-ring (bicyclic) bond motifs is 1. The quantitative estimate of drug-likeness (QED) is 0.549. The molecule has 1 N–H and O–H groups in total. The number of carbonyl (C=O) groups is 1. The number of benzene rings is 2. The minimum Gasteiger partial charge on any atom is -0.317 e. The predicted molar refractivity (Wildman–Crippen MR) is 130 cm³/mol. The van der Waals surface area contributed by atoms with Gasteiger partial charge in [0.2, 0.25) is 5.17 Å². The first kappa shape index (κ1) is 20.2. The van der Waals surface area contributed by atoms with Crippen LogP contribution < -0.4 is 0 Å². The Kier molecular flexibility index (Phi) is 5.33. The number of amides is 1. The number of para-hydroxylation sites is 1. The molecule has 3 heterocycles. The molecule has 0 fully saturated rings. The van der Waals surface area contributed by atoms with E-state index in [0.29, 0.717) is 5.17 Å². The smallest absolute Gasteiger partial charge is 0.283 e. The number of thioether (sulfide) groups is 1. The molecule has 1 aromatic heterocycles. The van der Waals surface area contributed by atoms with E-state index in [4.69, 9.17) is 10.5 Å². The SMILES string of the molecule is CCC(C1=NN2C(=N)/C(=C\c3cccn3-c3ccccc3)C(=O)N=C2S1)c1ccccc1. The molecular weight excluding hydrogens is 418 g/mol. The van der Waals surface area contributed by atoms with Crippen molar-refractivity contribution in [2.45, 2.75) is 19.3 Å². The van der Waals surface area contributed by atoms with Crippen molar-refractivity contribution in [1.82, 2.24) is 9.58 Å². The predicted octanol–water partition coefficient (Wildman–Crippen LogP) is 5.29. The molecule has 2 aliphatic heterocycles. The van der Waals surface area contributed by atoms with E-state index in [1.807, 2.05) is 71.4 Å². The molecule has 1 unspecified atom stereocenters. The summed E-state index contributed by atoms with van der Waals surface area (Å²) in [6, 6.07) is 23.9. The van der Waals surface area contributed by atoms with Gasteiger partial charge in [0.25, 0.3) is 5.91 Å². The number of nitrogens with one attached hydrogen (secondary N) is 1. The molecule has 3 aromatic rings. The van der Waals surface area contributed by atoms with Crippen molar-refractivity contribution in [3.8, 4) is 5.69 Å². The van der Waals surface area contributed by atoms with E-state index < -0.39 is 5.91 Å². The zero-order valence-corrected chi connectivity index (χ0v) is 18.3. The molecular formula is C25H21N5OS. The van der Waals surface area contributed by atoms with Crippen LogP contribution in [0.25, 0.3) is 11.8 Å². The maximum Gasteiger partial charge on any atom is 0.283 e. The number of hydrogen-bond acceptors (Lipinski definition) is 4. The van der Waals surface area contributed by atoms with Gasteiger partial charge in [0, 0.05) is 23.5 Å². The molecule has 0 aliphatic carbocycles. The van der Waals surface area contributed by atoms with Gasteiger partial charge < -0.3 is 4.57 Å². The first-order valence-electron chi connectivity index (χ1n) is 10.4. The second-order valence-electron chi connectivity index (χ2n) is 7.47. The van der Waals surface area contributed by atoms with Crippen LogP contribution in [0.5, 0.6) is 0 Å². The highest BCUT2D eigenvalue weighted by Gasteiger charge is 2.37. The molecule has 1 atom stereocenters. The van der Waals surface area contributed by atoms with Crippen molar-refractivity contribution in [2.24, 2.45) is 10.1 Å². The number of carbonyl (C=O) groups excluding carboxylic acids is 1. The molecule has 2 aliphatic rings. The Labute approximate surface area is 190 Å². The summed E-state index contributed by atoms with van der Waals surface area (Å²) in [6.07, 6.45) is 4.51. The maximum absolute atomic E-state index is 12.8. The maximum atomic E-state index is 12.8. The number of aliphatic imine (C=N–C) groups is 1. The number of nitrogens with zero attached hydrogens (tertiary/aromatic N) is 4. The fourth-order valence-corrected chi connectivity index (χ4v) is 4.97. The van der Waals surface area contributed by atoms with E-state index in [2.05, 4.69) is 24.0 Å². The molecule has 7 heteroatoms. The van der Waals surface area contributed by atoms with E-state index in [1.165, 1.54) is 16.8 Å². The van der Waals surface area contributed by atoms with E-state index >= 15 is 0 Å². The fourth-order valence-electron chi connectivity index (χ4n) is 3.87. The molecule has 0 saturated heterocycles. The van der Waals surface area contributed by atoms with Gasteiger partial charge in [0.15, 0.2) is 5.84 Å². The Morgan fingerprint density at radius 1 is 1.03 bits per heavy atom. The molecule has 0 radical (unpaired) electrons. The zero-order chi connectivity index (χ0) is 22.1. The number of hydrogen-bond donors (Lipinski definition) is 1. The third-order valence-electron chi connectivity index (χ3n) is 5.49. The third kappa shape index (κ3) is 3.61. The lowest BCUT2D eigenvalue weighted by molar-refractivity contribution is -0.114. The summed E-state index contributed by atoms with van der Waals surface area (Å²) < 4.78 is 1.97. The minimum atomic E-state index is -0.418. The van der Waals surface area contributed by atoms with Crippen molar-refractivity contribution < 1.29 is 4.79 Å². The van der Waals surface area contributed by atoms with Crippen molar-refractivity contribution in [2.75, 3.05) is 0 Å². The summed E-state index contributed by atoms with van der Waals surface area (Å²) >= 11 is 1.37. The molecule has 32 heavy (non-hydrogen) atoms. The van der Waals surface area contributed by atoms with Gasteiger partial charge in [-0.2, -0.15) is 15.1 Å². The van der Waals surface area contributed by atoms with Gasteiger partial charge in [0.05, 0.1) is 5.57 Å². The van der Waals surface area contributed by atoms with Gasteiger partial charge in [-0.1, -0.05) is 55.5 Å². The summed E-state index contributed by atoms with van der Waals surface area (Å²) in [5, 5.41) is 16.2. The van der Waals surface area contributed by atoms with Gasteiger partial charge in [-0.15, -0.1) is 0 Å². The highest BCUT2D eigenvalue weighted by atomic mass is 32.2. The average Bonchev–Trinajstić information content (AvgIpc) is 3.46. The number of aromatic nitrogens is 1. The van der Waals surface area contributed by atoms with E-state index in [0.717, 1.165) is 28.4 Å². The normalized spacial score (nSPS) is 17.9. The van der Waals surface area contributed by atoms with Crippen LogP contribution in [0.2, 0.25) is 0 Å². The molecule has 5 rings (SSSR count). The zero-order valence-electron chi connectivity index (χ0n) is 17.5. The van der Waals surface area contributed by atoms with Crippen molar-refractivity contribution in [1.29, 1.82) is 5.41 Å². The topological polar surface area (TPSA) is 73.8 Å². The third-order valence-corrected chi connectivity index (χ3v) is 6.51. The van der Waals surface area contributed by atoms with Gasteiger partial charge in [-0.25, -0.2) is 0 Å². The molecule has 2 aromatic carbocycles. The van der Waals surface area contributed by atoms with E-state index in [-0.39, 0.29) is 17.3 Å². The lowest BCUT2D eigenvalue weighted by Gasteiger charge is -2.20. The highest BCUT2D eigenvalue weighted by molar-refractivity contribution is 8.27. The summed E-state index contributed by atoms with van der Waals surface area (Å²) in [7, 11) is 0. The van der Waals surface area contributed by atoms with Crippen molar-refractivity contribution in [3.05, 3.63) is 95.8 Å². The Morgan fingerprint density at radius 2 is 1.75 bits per heavy atom. The monoisotopic (exact) mass is 439 g/mol. The number of amidine groups is 2. The molecule has 6 nitrogen and oxygen atoms in total. The van der Waals surface area contributed by atoms with Crippen LogP contribution in [0, 0.1) is 5.41 Å². The molecule has 158 valence electrons. The van der Waals surface area contributed by atoms with Crippen molar-refractivity contribution >= 4 is 39.8 Å². The summed E-state index contributed by atoms with van der Waals surface area (Å²) in [5.74, 6) is -0.273.